The molecule has 0 fully saturated rings. The number of hydrogen-bond acceptors (Lipinski definition) is 4. The van der Waals surface area contributed by atoms with Gasteiger partial charge in [0.25, 0.3) is 0 Å². The Balaban J connectivity index is 2.06. The average Bonchev–Trinajstić information content (AvgIpc) is 2.62. The highest BCUT2D eigenvalue weighted by molar-refractivity contribution is 5.56. The van der Waals surface area contributed by atoms with E-state index in [1.54, 1.807) is 6.07 Å². The fourth-order valence-electron chi connectivity index (χ4n) is 3.40. The molecule has 10 heteroatoms. The average molecular weight is 406 g/mol. The van der Waals surface area contributed by atoms with E-state index in [4.69, 9.17) is 0 Å². The predicted octanol–water partition coefficient (Wildman–Crippen LogP) is 4.48. The Labute approximate surface area is 156 Å². The molecule has 28 heavy (non-hydrogen) atoms. The van der Waals surface area contributed by atoms with Crippen LogP contribution in [0.25, 0.3) is 0 Å². The van der Waals surface area contributed by atoms with E-state index in [1.165, 1.54) is 12.1 Å². The number of nitrogens with one attached hydrogen (secondary N) is 1. The number of fused-ring (bicyclic) bond motifs is 1. The summed E-state index contributed by atoms with van der Waals surface area (Å²) in [6.45, 7) is -3.94. The maximum atomic E-state index is 14.2. The van der Waals surface area contributed by atoms with E-state index < -0.39 is 47.9 Å². The minimum atomic E-state index is -4.80. The lowest BCUT2D eigenvalue weighted by Crippen LogP contribution is -2.43. The number of aliphatic hydroxyl groups excluding tert-OH is 1. The number of rotatable bonds is 5. The highest BCUT2D eigenvalue weighted by Gasteiger charge is 2.39. The molecule has 1 aliphatic rings. The summed E-state index contributed by atoms with van der Waals surface area (Å²) in [5.74, 6) is -1.71. The fraction of sp³-hybridized carbons (Fsp3) is 0.389. The summed E-state index contributed by atoms with van der Waals surface area (Å²) >= 11 is 0. The summed E-state index contributed by atoms with van der Waals surface area (Å²) in [5.41, 5.74) is -1.82. The van der Waals surface area contributed by atoms with Gasteiger partial charge in [-0.15, -0.1) is 0 Å². The summed E-state index contributed by atoms with van der Waals surface area (Å²) in [4.78, 5) is 3.59. The molecule has 2 N–H and O–H groups in total. The van der Waals surface area contributed by atoms with E-state index in [1.807, 2.05) is 0 Å². The van der Waals surface area contributed by atoms with E-state index in [0.29, 0.717) is 36.2 Å². The fourth-order valence-corrected chi connectivity index (χ4v) is 3.40. The van der Waals surface area contributed by atoms with Gasteiger partial charge < -0.3 is 15.2 Å². The number of aliphatic hydroxyl groups is 1. The highest BCUT2D eigenvalue weighted by Crippen LogP contribution is 2.41. The van der Waals surface area contributed by atoms with Crippen molar-refractivity contribution in [3.8, 4) is 5.75 Å². The lowest BCUT2D eigenvalue weighted by atomic mass is 9.76. The first-order chi connectivity index (χ1) is 13.2. The summed E-state index contributed by atoms with van der Waals surface area (Å²) in [6, 6.07) is 4.66. The van der Waals surface area contributed by atoms with Gasteiger partial charge in [-0.2, -0.15) is 22.0 Å². The Morgan fingerprint density at radius 3 is 2.68 bits per heavy atom. The summed E-state index contributed by atoms with van der Waals surface area (Å²) in [7, 11) is 0. The van der Waals surface area contributed by atoms with Crippen LogP contribution >= 0.6 is 0 Å². The molecule has 4 nitrogen and oxygen atoms in total. The van der Waals surface area contributed by atoms with Crippen molar-refractivity contribution in [2.24, 2.45) is 0 Å². The number of pyridine rings is 1. The van der Waals surface area contributed by atoms with Gasteiger partial charge in [0.2, 0.25) is 0 Å². The molecule has 1 heterocycles. The van der Waals surface area contributed by atoms with Crippen LogP contribution in [-0.2, 0) is 18.1 Å². The largest absolute Gasteiger partial charge is 0.431 e. The van der Waals surface area contributed by atoms with Crippen LogP contribution in [0.15, 0.2) is 30.5 Å². The van der Waals surface area contributed by atoms with Gasteiger partial charge in [0.05, 0.1) is 17.7 Å². The predicted molar refractivity (Wildman–Crippen MR) is 87.6 cm³/mol. The number of hydrogen-bond donors (Lipinski definition) is 2. The van der Waals surface area contributed by atoms with Crippen molar-refractivity contribution in [2.75, 3.05) is 11.9 Å². The number of alkyl halides is 5. The Kier molecular flexibility index (Phi) is 5.42. The van der Waals surface area contributed by atoms with Crippen LogP contribution in [0, 0.1) is 5.82 Å². The van der Waals surface area contributed by atoms with Crippen LogP contribution in [0.2, 0.25) is 0 Å². The zero-order chi connectivity index (χ0) is 20.5. The van der Waals surface area contributed by atoms with Gasteiger partial charge in [-0.05, 0) is 42.5 Å². The Morgan fingerprint density at radius 2 is 2.04 bits per heavy atom. The second kappa shape index (κ2) is 7.50. The molecule has 0 saturated carbocycles. The first kappa shape index (κ1) is 20.2. The molecule has 0 bridgehead atoms. The maximum Gasteiger partial charge on any atom is 0.418 e. The standard InChI is InChI=1S/C18H16F6N2O2/c19-13-5-1-4-12-11(13)3-2-6-17(12,9-27)26-15-14(28-16(20)21)7-10(8-25-15)18(22,23)24/h1,4-5,7-8,16,27H,2-3,6,9H2,(H,25,26). The quantitative estimate of drug-likeness (QED) is 0.720. The number of nitrogens with zero attached hydrogens (tertiary/aromatic N) is 1. The first-order valence-corrected chi connectivity index (χ1v) is 8.35. The maximum absolute atomic E-state index is 14.2. The molecule has 2 aromatic rings. The molecule has 1 aliphatic carbocycles. The lowest BCUT2D eigenvalue weighted by Gasteiger charge is -2.39. The molecule has 1 unspecified atom stereocenters. The van der Waals surface area contributed by atoms with Gasteiger partial charge in [0, 0.05) is 6.20 Å². The van der Waals surface area contributed by atoms with Crippen LogP contribution in [0.5, 0.6) is 5.75 Å². The van der Waals surface area contributed by atoms with Gasteiger partial charge in [0.15, 0.2) is 11.6 Å². The minimum absolute atomic E-state index is 0.288. The smallest absolute Gasteiger partial charge is 0.418 e. The SMILES string of the molecule is OCC1(Nc2ncc(C(F)(F)F)cc2OC(F)F)CCCc2c(F)cccc21. The van der Waals surface area contributed by atoms with Gasteiger partial charge in [-0.25, -0.2) is 9.37 Å². The molecule has 152 valence electrons. The number of ether oxygens (including phenoxy) is 1. The van der Waals surface area contributed by atoms with Gasteiger partial charge in [-0.1, -0.05) is 12.1 Å². The van der Waals surface area contributed by atoms with Crippen molar-refractivity contribution in [3.05, 3.63) is 53.0 Å². The van der Waals surface area contributed by atoms with E-state index in [2.05, 4.69) is 15.0 Å². The third kappa shape index (κ3) is 3.87. The van der Waals surface area contributed by atoms with Crippen LogP contribution in [0.1, 0.15) is 29.5 Å². The number of anilines is 1. The topological polar surface area (TPSA) is 54.4 Å². The normalized spacial score (nSPS) is 19.4. The van der Waals surface area contributed by atoms with Crippen molar-refractivity contribution in [1.82, 2.24) is 4.98 Å². The van der Waals surface area contributed by atoms with Gasteiger partial charge in [0.1, 0.15) is 5.82 Å². The number of halogens is 6. The molecule has 1 atom stereocenters. The second-order valence-corrected chi connectivity index (χ2v) is 6.43. The van der Waals surface area contributed by atoms with Gasteiger partial charge in [-0.3, -0.25) is 0 Å². The summed E-state index contributed by atoms with van der Waals surface area (Å²) < 4.78 is 82.5. The number of benzene rings is 1. The van der Waals surface area contributed by atoms with Crippen molar-refractivity contribution >= 4 is 5.82 Å². The molecular formula is C18H16F6N2O2. The van der Waals surface area contributed by atoms with Crippen LogP contribution in [0.3, 0.4) is 0 Å². The van der Waals surface area contributed by atoms with Gasteiger partial charge >= 0.3 is 12.8 Å². The molecule has 3 rings (SSSR count). The number of aromatic nitrogens is 1. The van der Waals surface area contributed by atoms with Crippen LogP contribution in [0.4, 0.5) is 32.2 Å². The summed E-state index contributed by atoms with van der Waals surface area (Å²) in [6.07, 6.45) is -3.17. The third-order valence-corrected chi connectivity index (χ3v) is 4.69. The molecule has 0 radical (unpaired) electrons. The zero-order valence-corrected chi connectivity index (χ0v) is 14.4. The monoisotopic (exact) mass is 406 g/mol. The van der Waals surface area contributed by atoms with E-state index in [9.17, 15) is 31.4 Å². The molecule has 0 aliphatic heterocycles. The Morgan fingerprint density at radius 1 is 1.29 bits per heavy atom. The van der Waals surface area contributed by atoms with Crippen molar-refractivity contribution in [2.45, 2.75) is 37.6 Å². The molecule has 0 amide bonds. The first-order valence-electron chi connectivity index (χ1n) is 8.35. The van der Waals surface area contributed by atoms with E-state index in [-0.39, 0.29) is 6.42 Å². The van der Waals surface area contributed by atoms with Crippen molar-refractivity contribution in [3.63, 3.8) is 0 Å². The van der Waals surface area contributed by atoms with Crippen molar-refractivity contribution < 1.29 is 36.2 Å². The Bertz CT molecular complexity index is 858. The third-order valence-electron chi connectivity index (χ3n) is 4.69. The molecule has 0 spiro atoms. The zero-order valence-electron chi connectivity index (χ0n) is 14.4. The van der Waals surface area contributed by atoms with Crippen molar-refractivity contribution in [1.29, 1.82) is 0 Å². The minimum Gasteiger partial charge on any atom is -0.431 e. The van der Waals surface area contributed by atoms with Crippen LogP contribution in [-0.4, -0.2) is 23.3 Å². The van der Waals surface area contributed by atoms with Crippen LogP contribution < -0.4 is 10.1 Å². The highest BCUT2D eigenvalue weighted by atomic mass is 19.4. The molecule has 0 saturated heterocycles. The van der Waals surface area contributed by atoms with E-state index >= 15 is 0 Å². The molecule has 1 aromatic heterocycles. The second-order valence-electron chi connectivity index (χ2n) is 6.43. The lowest BCUT2D eigenvalue weighted by molar-refractivity contribution is -0.138. The molecule has 1 aromatic carbocycles. The Hall–Kier alpha value is -2.49. The van der Waals surface area contributed by atoms with E-state index in [0.717, 1.165) is 0 Å². The summed E-state index contributed by atoms with van der Waals surface area (Å²) in [5, 5.41) is 12.7. The molecular weight excluding hydrogens is 390 g/mol.